The molecule has 1 aromatic carbocycles. The molecule has 0 radical (unpaired) electrons. The van der Waals surface area contributed by atoms with Crippen LogP contribution in [-0.2, 0) is 4.79 Å². The van der Waals surface area contributed by atoms with E-state index < -0.39 is 5.97 Å². The van der Waals surface area contributed by atoms with E-state index >= 15 is 0 Å². The summed E-state index contributed by atoms with van der Waals surface area (Å²) in [6.45, 7) is 0.324. The third-order valence-electron chi connectivity index (χ3n) is 2.86. The molecule has 1 atom stereocenters. The SMILES string of the molecule is CN1c2ccc(C#N)cc2OCC1CC(=O)O. The summed E-state index contributed by atoms with van der Waals surface area (Å²) in [4.78, 5) is 12.6. The van der Waals surface area contributed by atoms with E-state index in [1.807, 2.05) is 18.0 Å². The molecule has 1 N–H and O–H groups in total. The Balaban J connectivity index is 2.27. The average Bonchev–Trinajstić information content (AvgIpc) is 2.32. The van der Waals surface area contributed by atoms with Gasteiger partial charge in [-0.05, 0) is 12.1 Å². The Bertz CT molecular complexity index is 493. The van der Waals surface area contributed by atoms with Crippen molar-refractivity contribution < 1.29 is 14.6 Å². The monoisotopic (exact) mass is 232 g/mol. The first-order valence-corrected chi connectivity index (χ1v) is 5.23. The molecule has 1 unspecified atom stereocenters. The third-order valence-corrected chi connectivity index (χ3v) is 2.86. The molecule has 17 heavy (non-hydrogen) atoms. The highest BCUT2D eigenvalue weighted by Gasteiger charge is 2.26. The molecule has 0 saturated carbocycles. The number of ether oxygens (including phenoxy) is 1. The number of carboxylic acid groups (broad SMARTS) is 1. The quantitative estimate of drug-likeness (QED) is 0.830. The molecule has 0 fully saturated rings. The Morgan fingerprint density at radius 1 is 1.71 bits per heavy atom. The first-order chi connectivity index (χ1) is 8.11. The minimum atomic E-state index is -0.845. The van der Waals surface area contributed by atoms with E-state index in [2.05, 4.69) is 0 Å². The van der Waals surface area contributed by atoms with Crippen molar-refractivity contribution in [2.75, 3.05) is 18.6 Å². The van der Waals surface area contributed by atoms with E-state index in [0.29, 0.717) is 17.9 Å². The minimum absolute atomic E-state index is 0.0376. The molecule has 0 bridgehead atoms. The van der Waals surface area contributed by atoms with Gasteiger partial charge in [0.1, 0.15) is 12.4 Å². The number of aliphatic carboxylic acids is 1. The summed E-state index contributed by atoms with van der Waals surface area (Å²) >= 11 is 0. The smallest absolute Gasteiger partial charge is 0.305 e. The van der Waals surface area contributed by atoms with Crippen molar-refractivity contribution in [2.45, 2.75) is 12.5 Å². The molecule has 1 aliphatic rings. The maximum atomic E-state index is 10.7. The average molecular weight is 232 g/mol. The Morgan fingerprint density at radius 2 is 2.47 bits per heavy atom. The van der Waals surface area contributed by atoms with E-state index in [4.69, 9.17) is 15.1 Å². The van der Waals surface area contributed by atoms with Crippen LogP contribution in [0.4, 0.5) is 5.69 Å². The summed E-state index contributed by atoms with van der Waals surface area (Å²) in [5.41, 5.74) is 1.36. The number of hydrogen-bond donors (Lipinski definition) is 1. The molecule has 1 aromatic rings. The Kier molecular flexibility index (Phi) is 2.88. The molecule has 0 aromatic heterocycles. The number of anilines is 1. The van der Waals surface area contributed by atoms with E-state index in [1.54, 1.807) is 18.2 Å². The van der Waals surface area contributed by atoms with Crippen LogP contribution in [-0.4, -0.2) is 30.8 Å². The lowest BCUT2D eigenvalue weighted by molar-refractivity contribution is -0.137. The minimum Gasteiger partial charge on any atom is -0.489 e. The molecule has 0 amide bonds. The molecule has 5 nitrogen and oxygen atoms in total. The number of carboxylic acids is 1. The second kappa shape index (κ2) is 4.34. The van der Waals surface area contributed by atoms with Gasteiger partial charge in [-0.3, -0.25) is 4.79 Å². The second-order valence-corrected chi connectivity index (χ2v) is 3.97. The van der Waals surface area contributed by atoms with Gasteiger partial charge in [0.25, 0.3) is 0 Å². The molecular formula is C12H12N2O3. The van der Waals surface area contributed by atoms with E-state index in [-0.39, 0.29) is 12.5 Å². The molecule has 2 rings (SSSR count). The third kappa shape index (κ3) is 2.16. The fourth-order valence-electron chi connectivity index (χ4n) is 1.88. The highest BCUT2D eigenvalue weighted by molar-refractivity contribution is 5.70. The van der Waals surface area contributed by atoms with Gasteiger partial charge in [-0.15, -0.1) is 0 Å². The normalized spacial score (nSPS) is 17.9. The van der Waals surface area contributed by atoms with Gasteiger partial charge in [0.2, 0.25) is 0 Å². The number of rotatable bonds is 2. The van der Waals surface area contributed by atoms with Crippen LogP contribution in [0.5, 0.6) is 5.75 Å². The zero-order chi connectivity index (χ0) is 12.4. The van der Waals surface area contributed by atoms with Gasteiger partial charge in [0.15, 0.2) is 0 Å². The molecule has 0 saturated heterocycles. The zero-order valence-electron chi connectivity index (χ0n) is 9.38. The number of likely N-dealkylation sites (N-methyl/N-ethyl adjacent to an activating group) is 1. The first kappa shape index (κ1) is 11.3. The molecule has 0 aliphatic carbocycles. The number of nitrogens with zero attached hydrogens (tertiary/aromatic N) is 2. The number of benzene rings is 1. The molecule has 1 aliphatic heterocycles. The van der Waals surface area contributed by atoms with Crippen LogP contribution in [0.1, 0.15) is 12.0 Å². The van der Waals surface area contributed by atoms with Crippen molar-refractivity contribution in [1.82, 2.24) is 0 Å². The zero-order valence-corrected chi connectivity index (χ0v) is 9.38. The molecular weight excluding hydrogens is 220 g/mol. The van der Waals surface area contributed by atoms with E-state index in [9.17, 15) is 4.79 Å². The van der Waals surface area contributed by atoms with Gasteiger partial charge in [0.05, 0.1) is 29.8 Å². The topological polar surface area (TPSA) is 73.6 Å². The van der Waals surface area contributed by atoms with Gasteiger partial charge < -0.3 is 14.7 Å². The lowest BCUT2D eigenvalue weighted by atomic mass is 10.1. The summed E-state index contributed by atoms with van der Waals surface area (Å²) < 4.78 is 5.49. The van der Waals surface area contributed by atoms with Crippen molar-refractivity contribution in [2.24, 2.45) is 0 Å². The predicted molar refractivity (Wildman–Crippen MR) is 61.1 cm³/mol. The van der Waals surface area contributed by atoms with Gasteiger partial charge in [-0.2, -0.15) is 5.26 Å². The van der Waals surface area contributed by atoms with Crippen LogP contribution in [0.2, 0.25) is 0 Å². The number of hydrogen-bond acceptors (Lipinski definition) is 4. The maximum absolute atomic E-state index is 10.7. The van der Waals surface area contributed by atoms with Crippen molar-refractivity contribution >= 4 is 11.7 Å². The Labute approximate surface area is 98.8 Å². The van der Waals surface area contributed by atoms with Crippen LogP contribution >= 0.6 is 0 Å². The molecule has 88 valence electrons. The van der Waals surface area contributed by atoms with Crippen molar-refractivity contribution in [3.05, 3.63) is 23.8 Å². The highest BCUT2D eigenvalue weighted by Crippen LogP contribution is 2.34. The first-order valence-electron chi connectivity index (χ1n) is 5.23. The van der Waals surface area contributed by atoms with E-state index in [1.165, 1.54) is 0 Å². The Hall–Kier alpha value is -2.22. The second-order valence-electron chi connectivity index (χ2n) is 3.97. The summed E-state index contributed by atoms with van der Waals surface area (Å²) in [6, 6.07) is 7.01. The number of carbonyl (C=O) groups is 1. The lowest BCUT2D eigenvalue weighted by Gasteiger charge is -2.35. The predicted octanol–water partition coefficient (Wildman–Crippen LogP) is 1.23. The van der Waals surface area contributed by atoms with Gasteiger partial charge in [-0.1, -0.05) is 0 Å². The van der Waals surface area contributed by atoms with Crippen molar-refractivity contribution in [1.29, 1.82) is 5.26 Å². The lowest BCUT2D eigenvalue weighted by Crippen LogP contribution is -2.41. The van der Waals surface area contributed by atoms with Crippen LogP contribution in [0.3, 0.4) is 0 Å². The summed E-state index contributed by atoms with van der Waals surface area (Å²) in [5.74, 6) is -0.212. The van der Waals surface area contributed by atoms with Crippen LogP contribution in [0.15, 0.2) is 18.2 Å². The number of fused-ring (bicyclic) bond motifs is 1. The largest absolute Gasteiger partial charge is 0.489 e. The van der Waals surface area contributed by atoms with Gasteiger partial charge in [0, 0.05) is 13.1 Å². The summed E-state index contributed by atoms with van der Waals surface area (Å²) in [7, 11) is 1.83. The van der Waals surface area contributed by atoms with Gasteiger partial charge in [-0.25, -0.2) is 0 Å². The molecule has 0 spiro atoms. The molecule has 1 heterocycles. The van der Waals surface area contributed by atoms with Crippen molar-refractivity contribution in [3.63, 3.8) is 0 Å². The maximum Gasteiger partial charge on any atom is 0.305 e. The van der Waals surface area contributed by atoms with Crippen molar-refractivity contribution in [3.8, 4) is 11.8 Å². The summed E-state index contributed by atoms with van der Waals surface area (Å²) in [5, 5.41) is 17.6. The fraction of sp³-hybridized carbons (Fsp3) is 0.333. The van der Waals surface area contributed by atoms with Crippen LogP contribution in [0.25, 0.3) is 0 Å². The standard InChI is InChI=1S/C12H12N2O3/c1-14-9(5-12(15)16)7-17-11-4-8(6-13)2-3-10(11)14/h2-4,9H,5,7H2,1H3,(H,15,16). The summed E-state index contributed by atoms with van der Waals surface area (Å²) in [6.07, 6.45) is 0.0376. The van der Waals surface area contributed by atoms with Crippen LogP contribution in [0, 0.1) is 11.3 Å². The molecule has 5 heteroatoms. The number of nitriles is 1. The Morgan fingerprint density at radius 3 is 3.12 bits per heavy atom. The fourth-order valence-corrected chi connectivity index (χ4v) is 1.88. The highest BCUT2D eigenvalue weighted by atomic mass is 16.5. The van der Waals surface area contributed by atoms with Gasteiger partial charge >= 0.3 is 5.97 Å². The van der Waals surface area contributed by atoms with E-state index in [0.717, 1.165) is 5.69 Å². The van der Waals surface area contributed by atoms with Crippen LogP contribution < -0.4 is 9.64 Å².